The van der Waals surface area contributed by atoms with Crippen LogP contribution in [0.15, 0.2) is 47.4 Å². The third-order valence-corrected chi connectivity index (χ3v) is 4.74. The van der Waals surface area contributed by atoms with Gasteiger partial charge in [-0.1, -0.05) is 23.7 Å². The van der Waals surface area contributed by atoms with E-state index >= 15 is 0 Å². The Hall–Kier alpha value is -1.23. The summed E-state index contributed by atoms with van der Waals surface area (Å²) in [6.45, 7) is 0. The van der Waals surface area contributed by atoms with Crippen LogP contribution in [0.1, 0.15) is 11.6 Å². The van der Waals surface area contributed by atoms with Crippen LogP contribution in [0.5, 0.6) is 5.75 Å². The standard InChI is InChI=1S/C15H13ClFNOS/c16-11-6-5-9(17)7-10(11)15(18)13-8-20-14-4-2-1-3-12(14)19-13/h1-7,13,15H,8,18H2. The quantitative estimate of drug-likeness (QED) is 0.909. The summed E-state index contributed by atoms with van der Waals surface area (Å²) in [5, 5.41) is 0.464. The average molecular weight is 310 g/mol. The summed E-state index contributed by atoms with van der Waals surface area (Å²) in [6, 6.07) is 11.6. The molecule has 104 valence electrons. The summed E-state index contributed by atoms with van der Waals surface area (Å²) in [4.78, 5) is 1.10. The lowest BCUT2D eigenvalue weighted by Crippen LogP contribution is -2.35. The van der Waals surface area contributed by atoms with E-state index < -0.39 is 6.04 Å². The molecule has 0 bridgehead atoms. The number of rotatable bonds is 2. The summed E-state index contributed by atoms with van der Waals surface area (Å²) in [5.41, 5.74) is 6.79. The molecule has 0 aromatic heterocycles. The molecule has 0 saturated carbocycles. The molecule has 0 fully saturated rings. The Labute approximate surface area is 126 Å². The Bertz CT molecular complexity index is 637. The van der Waals surface area contributed by atoms with E-state index in [2.05, 4.69) is 0 Å². The molecule has 0 aliphatic carbocycles. The lowest BCUT2D eigenvalue weighted by Gasteiger charge is -2.30. The summed E-state index contributed by atoms with van der Waals surface area (Å²) in [7, 11) is 0. The van der Waals surface area contributed by atoms with E-state index in [4.69, 9.17) is 22.1 Å². The smallest absolute Gasteiger partial charge is 0.133 e. The molecular weight excluding hydrogens is 297 g/mol. The molecule has 0 radical (unpaired) electrons. The van der Waals surface area contributed by atoms with Crippen molar-refractivity contribution in [1.29, 1.82) is 0 Å². The third kappa shape index (κ3) is 2.64. The molecular formula is C15H13ClFNOS. The summed E-state index contributed by atoms with van der Waals surface area (Å²) in [5.74, 6) is 1.19. The first kappa shape index (κ1) is 13.7. The number of benzene rings is 2. The van der Waals surface area contributed by atoms with Gasteiger partial charge in [0, 0.05) is 15.7 Å². The molecule has 2 aromatic rings. The van der Waals surface area contributed by atoms with Crippen LogP contribution in [-0.4, -0.2) is 11.9 Å². The maximum Gasteiger partial charge on any atom is 0.133 e. The first-order valence-corrected chi connectivity index (χ1v) is 7.60. The number of thioether (sulfide) groups is 1. The number of hydrogen-bond acceptors (Lipinski definition) is 3. The van der Waals surface area contributed by atoms with Crippen LogP contribution in [0.25, 0.3) is 0 Å². The number of halogens is 2. The normalized spacial score (nSPS) is 19.1. The van der Waals surface area contributed by atoms with Gasteiger partial charge in [0.15, 0.2) is 0 Å². The van der Waals surface area contributed by atoms with Crippen LogP contribution in [0.2, 0.25) is 5.02 Å². The predicted octanol–water partition coefficient (Wildman–Crippen LogP) is 4.03. The molecule has 2 atom stereocenters. The minimum atomic E-state index is -0.459. The van der Waals surface area contributed by atoms with Crippen molar-refractivity contribution in [2.45, 2.75) is 17.0 Å². The SMILES string of the molecule is NC(c1cc(F)ccc1Cl)C1CSc2ccccc2O1. The van der Waals surface area contributed by atoms with E-state index in [9.17, 15) is 4.39 Å². The van der Waals surface area contributed by atoms with Crippen molar-refractivity contribution in [3.63, 3.8) is 0 Å². The molecule has 0 amide bonds. The highest BCUT2D eigenvalue weighted by atomic mass is 35.5. The fourth-order valence-electron chi connectivity index (χ4n) is 2.18. The second-order valence-electron chi connectivity index (χ2n) is 4.61. The fourth-order valence-corrected chi connectivity index (χ4v) is 3.48. The molecule has 1 heterocycles. The molecule has 2 nitrogen and oxygen atoms in total. The minimum Gasteiger partial charge on any atom is -0.486 e. The molecule has 0 saturated heterocycles. The Morgan fingerprint density at radius 3 is 2.95 bits per heavy atom. The predicted molar refractivity (Wildman–Crippen MR) is 79.9 cm³/mol. The number of para-hydroxylation sites is 1. The van der Waals surface area contributed by atoms with Crippen LogP contribution >= 0.6 is 23.4 Å². The van der Waals surface area contributed by atoms with Crippen LogP contribution in [-0.2, 0) is 0 Å². The first-order valence-electron chi connectivity index (χ1n) is 6.24. The van der Waals surface area contributed by atoms with Gasteiger partial charge in [-0.15, -0.1) is 11.8 Å². The van der Waals surface area contributed by atoms with E-state index in [1.54, 1.807) is 11.8 Å². The lowest BCUT2D eigenvalue weighted by molar-refractivity contribution is 0.185. The number of fused-ring (bicyclic) bond motifs is 1. The molecule has 20 heavy (non-hydrogen) atoms. The van der Waals surface area contributed by atoms with Crippen molar-refractivity contribution in [2.24, 2.45) is 5.73 Å². The Kier molecular flexibility index (Phi) is 3.87. The zero-order chi connectivity index (χ0) is 14.1. The molecule has 2 aromatic carbocycles. The number of hydrogen-bond donors (Lipinski definition) is 1. The van der Waals surface area contributed by atoms with Crippen molar-refractivity contribution in [2.75, 3.05) is 5.75 Å². The van der Waals surface area contributed by atoms with E-state index in [0.29, 0.717) is 16.3 Å². The van der Waals surface area contributed by atoms with E-state index in [1.807, 2.05) is 24.3 Å². The van der Waals surface area contributed by atoms with Gasteiger partial charge in [-0.25, -0.2) is 4.39 Å². The van der Waals surface area contributed by atoms with Crippen LogP contribution in [0, 0.1) is 5.82 Å². The highest BCUT2D eigenvalue weighted by Gasteiger charge is 2.28. The van der Waals surface area contributed by atoms with Gasteiger partial charge in [0.1, 0.15) is 17.7 Å². The Morgan fingerprint density at radius 1 is 1.30 bits per heavy atom. The van der Waals surface area contributed by atoms with Crippen LogP contribution in [0.4, 0.5) is 4.39 Å². The van der Waals surface area contributed by atoms with Crippen molar-refractivity contribution in [3.05, 3.63) is 58.9 Å². The van der Waals surface area contributed by atoms with Crippen molar-refractivity contribution in [3.8, 4) is 5.75 Å². The summed E-state index contributed by atoms with van der Waals surface area (Å²) < 4.78 is 19.3. The minimum absolute atomic E-state index is 0.228. The zero-order valence-corrected chi connectivity index (χ0v) is 12.1. The van der Waals surface area contributed by atoms with Gasteiger partial charge >= 0.3 is 0 Å². The third-order valence-electron chi connectivity index (χ3n) is 3.25. The maximum atomic E-state index is 13.4. The van der Waals surface area contributed by atoms with Crippen LogP contribution < -0.4 is 10.5 Å². The van der Waals surface area contributed by atoms with Gasteiger partial charge in [0.05, 0.1) is 6.04 Å². The highest BCUT2D eigenvalue weighted by Crippen LogP contribution is 2.38. The molecule has 1 aliphatic heterocycles. The first-order chi connectivity index (χ1) is 9.65. The van der Waals surface area contributed by atoms with E-state index in [1.165, 1.54) is 18.2 Å². The number of nitrogens with two attached hydrogens (primary N) is 1. The zero-order valence-electron chi connectivity index (χ0n) is 10.6. The van der Waals surface area contributed by atoms with Gasteiger partial charge < -0.3 is 10.5 Å². The van der Waals surface area contributed by atoms with Crippen molar-refractivity contribution >= 4 is 23.4 Å². The van der Waals surface area contributed by atoms with Gasteiger partial charge in [-0.3, -0.25) is 0 Å². The Balaban J connectivity index is 1.85. The summed E-state index contributed by atoms with van der Waals surface area (Å²) in [6.07, 6.45) is -0.228. The number of ether oxygens (including phenoxy) is 1. The molecule has 5 heteroatoms. The van der Waals surface area contributed by atoms with Crippen LogP contribution in [0.3, 0.4) is 0 Å². The van der Waals surface area contributed by atoms with Gasteiger partial charge in [-0.05, 0) is 35.9 Å². The molecule has 3 rings (SSSR count). The van der Waals surface area contributed by atoms with Crippen molar-refractivity contribution in [1.82, 2.24) is 0 Å². The topological polar surface area (TPSA) is 35.2 Å². The highest BCUT2D eigenvalue weighted by molar-refractivity contribution is 7.99. The molecule has 2 unspecified atom stereocenters. The Morgan fingerprint density at radius 2 is 2.10 bits per heavy atom. The summed E-state index contributed by atoms with van der Waals surface area (Å²) >= 11 is 7.79. The van der Waals surface area contributed by atoms with E-state index in [0.717, 1.165) is 10.6 Å². The molecule has 2 N–H and O–H groups in total. The van der Waals surface area contributed by atoms with Gasteiger partial charge in [-0.2, -0.15) is 0 Å². The van der Waals surface area contributed by atoms with Gasteiger partial charge in [0.25, 0.3) is 0 Å². The largest absolute Gasteiger partial charge is 0.486 e. The lowest BCUT2D eigenvalue weighted by atomic mass is 10.0. The van der Waals surface area contributed by atoms with Crippen molar-refractivity contribution < 1.29 is 9.13 Å². The molecule has 1 aliphatic rings. The second kappa shape index (κ2) is 5.64. The molecule has 0 spiro atoms. The monoisotopic (exact) mass is 309 g/mol. The average Bonchev–Trinajstić information content (AvgIpc) is 2.48. The van der Waals surface area contributed by atoms with E-state index in [-0.39, 0.29) is 11.9 Å². The second-order valence-corrected chi connectivity index (χ2v) is 6.07. The fraction of sp³-hybridized carbons (Fsp3) is 0.200. The maximum absolute atomic E-state index is 13.4. The van der Waals surface area contributed by atoms with Gasteiger partial charge in [0.2, 0.25) is 0 Å².